The Labute approximate surface area is 161 Å². The van der Waals surface area contributed by atoms with Gasteiger partial charge in [-0.1, -0.05) is 36.4 Å². The molecule has 28 heavy (non-hydrogen) atoms. The smallest absolute Gasteiger partial charge is 0.339 e. The Balaban J connectivity index is 1.55. The number of carbonyl (C=O) groups is 2. The van der Waals surface area contributed by atoms with Crippen LogP contribution in [-0.4, -0.2) is 37.1 Å². The lowest BCUT2D eigenvalue weighted by Gasteiger charge is -2.10. The van der Waals surface area contributed by atoms with E-state index in [9.17, 15) is 14.4 Å². The van der Waals surface area contributed by atoms with Gasteiger partial charge in [0.2, 0.25) is 5.56 Å². The summed E-state index contributed by atoms with van der Waals surface area (Å²) in [6.45, 7) is -0.0451. The van der Waals surface area contributed by atoms with E-state index in [4.69, 9.17) is 9.47 Å². The lowest BCUT2D eigenvalue weighted by Crippen LogP contribution is -2.30. The molecule has 3 aromatic rings. The van der Waals surface area contributed by atoms with Crippen molar-refractivity contribution in [1.29, 1.82) is 0 Å². The molecule has 0 unspecified atom stereocenters. The van der Waals surface area contributed by atoms with Crippen LogP contribution in [0.4, 0.5) is 0 Å². The summed E-state index contributed by atoms with van der Waals surface area (Å²) in [5.74, 6) is -0.385. The maximum Gasteiger partial charge on any atom is 0.339 e. The lowest BCUT2D eigenvalue weighted by atomic mass is 10.1. The van der Waals surface area contributed by atoms with Gasteiger partial charge in [0, 0.05) is 23.5 Å². The summed E-state index contributed by atoms with van der Waals surface area (Å²) >= 11 is 0. The fourth-order valence-electron chi connectivity index (χ4n) is 2.88. The highest BCUT2D eigenvalue weighted by Crippen LogP contribution is 2.17. The zero-order chi connectivity index (χ0) is 19.9. The number of amides is 1. The number of nitrogens with one attached hydrogen (secondary N) is 2. The minimum Gasteiger partial charge on any atom is -0.496 e. The molecule has 1 amide bonds. The molecule has 0 aliphatic rings. The molecule has 0 aliphatic heterocycles. The molecule has 0 saturated heterocycles. The highest BCUT2D eigenvalue weighted by atomic mass is 16.5. The van der Waals surface area contributed by atoms with E-state index >= 15 is 0 Å². The topological polar surface area (TPSA) is 97.5 Å². The number of hydrogen-bond acceptors (Lipinski definition) is 5. The van der Waals surface area contributed by atoms with Crippen LogP contribution in [0, 0.1) is 0 Å². The Morgan fingerprint density at radius 1 is 1.07 bits per heavy atom. The van der Waals surface area contributed by atoms with Crippen molar-refractivity contribution >= 4 is 22.8 Å². The van der Waals surface area contributed by atoms with Crippen molar-refractivity contribution < 1.29 is 19.1 Å². The molecule has 1 heterocycles. The Morgan fingerprint density at radius 3 is 2.64 bits per heavy atom. The number of carbonyl (C=O) groups excluding carboxylic acids is 2. The van der Waals surface area contributed by atoms with Crippen molar-refractivity contribution in [3.8, 4) is 5.75 Å². The standard InChI is InChI=1S/C21H20N2O5/c1-27-18-9-5-2-6-14(18)10-11-22-20(25)13-28-21(26)16-12-19(24)23-17-8-4-3-7-15(16)17/h2-9,12H,10-11,13H2,1H3,(H,22,25)(H,23,24). The van der Waals surface area contributed by atoms with Crippen molar-refractivity contribution in [2.75, 3.05) is 20.3 Å². The second-order valence-corrected chi connectivity index (χ2v) is 6.08. The number of aromatic nitrogens is 1. The average Bonchev–Trinajstić information content (AvgIpc) is 2.71. The largest absolute Gasteiger partial charge is 0.496 e. The highest BCUT2D eigenvalue weighted by molar-refractivity contribution is 6.03. The van der Waals surface area contributed by atoms with Crippen molar-refractivity contribution in [3.63, 3.8) is 0 Å². The molecule has 144 valence electrons. The van der Waals surface area contributed by atoms with E-state index in [0.717, 1.165) is 11.3 Å². The molecule has 7 heteroatoms. The van der Waals surface area contributed by atoms with Crippen LogP contribution >= 0.6 is 0 Å². The van der Waals surface area contributed by atoms with Crippen LogP contribution in [0.5, 0.6) is 5.75 Å². The predicted octanol–water partition coefficient (Wildman–Crippen LogP) is 2.05. The second-order valence-electron chi connectivity index (χ2n) is 6.08. The number of H-pyrrole nitrogens is 1. The number of benzene rings is 2. The number of pyridine rings is 1. The molecule has 0 atom stereocenters. The summed E-state index contributed by atoms with van der Waals surface area (Å²) < 4.78 is 10.3. The van der Waals surface area contributed by atoms with E-state index in [-0.39, 0.29) is 5.56 Å². The number of aromatic amines is 1. The van der Waals surface area contributed by atoms with Gasteiger partial charge in [-0.05, 0) is 24.1 Å². The fraction of sp³-hybridized carbons (Fsp3) is 0.190. The molecule has 0 aliphatic carbocycles. The van der Waals surface area contributed by atoms with E-state index in [0.29, 0.717) is 23.9 Å². The maximum atomic E-state index is 12.3. The van der Waals surface area contributed by atoms with Crippen molar-refractivity contribution in [2.24, 2.45) is 0 Å². The normalized spacial score (nSPS) is 10.5. The molecular formula is C21H20N2O5. The maximum absolute atomic E-state index is 12.3. The first kappa shape index (κ1) is 19.2. The van der Waals surface area contributed by atoms with Crippen LogP contribution in [0.3, 0.4) is 0 Å². The molecule has 0 fully saturated rings. The van der Waals surface area contributed by atoms with Crippen molar-refractivity contribution in [2.45, 2.75) is 6.42 Å². The number of methoxy groups -OCH3 is 1. The van der Waals surface area contributed by atoms with Gasteiger partial charge in [-0.2, -0.15) is 0 Å². The summed E-state index contributed by atoms with van der Waals surface area (Å²) in [7, 11) is 1.59. The van der Waals surface area contributed by atoms with Gasteiger partial charge in [-0.15, -0.1) is 0 Å². The van der Waals surface area contributed by atoms with E-state index in [2.05, 4.69) is 10.3 Å². The molecular weight excluding hydrogens is 360 g/mol. The molecule has 0 spiro atoms. The summed E-state index contributed by atoms with van der Waals surface area (Å²) in [4.78, 5) is 38.7. The van der Waals surface area contributed by atoms with E-state index in [1.807, 2.05) is 24.3 Å². The second kappa shape index (κ2) is 8.85. The summed E-state index contributed by atoms with van der Waals surface area (Å²) in [6.07, 6.45) is 0.586. The first-order chi connectivity index (χ1) is 13.6. The monoisotopic (exact) mass is 380 g/mol. The zero-order valence-electron chi connectivity index (χ0n) is 15.4. The molecule has 0 radical (unpaired) electrons. The van der Waals surface area contributed by atoms with Gasteiger partial charge in [-0.25, -0.2) is 4.79 Å². The quantitative estimate of drug-likeness (QED) is 0.612. The van der Waals surface area contributed by atoms with Crippen LogP contribution in [0.1, 0.15) is 15.9 Å². The third-order valence-electron chi connectivity index (χ3n) is 4.21. The van der Waals surface area contributed by atoms with E-state index in [1.54, 1.807) is 31.4 Å². The molecule has 7 nitrogen and oxygen atoms in total. The van der Waals surface area contributed by atoms with E-state index < -0.39 is 24.0 Å². The van der Waals surface area contributed by atoms with Gasteiger partial charge < -0.3 is 19.8 Å². The first-order valence-electron chi connectivity index (χ1n) is 8.76. The minimum atomic E-state index is -0.720. The number of esters is 1. The van der Waals surface area contributed by atoms with Crippen molar-refractivity contribution in [3.05, 3.63) is 76.1 Å². The summed E-state index contributed by atoms with van der Waals surface area (Å²) in [5.41, 5.74) is 1.22. The van der Waals surface area contributed by atoms with Gasteiger partial charge in [0.05, 0.1) is 12.7 Å². The highest BCUT2D eigenvalue weighted by Gasteiger charge is 2.14. The molecule has 2 N–H and O–H groups in total. The molecule has 0 bridgehead atoms. The number of hydrogen-bond donors (Lipinski definition) is 2. The molecule has 1 aromatic heterocycles. The summed E-state index contributed by atoms with van der Waals surface area (Å²) in [5, 5.41) is 3.26. The zero-order valence-corrected chi connectivity index (χ0v) is 15.4. The third-order valence-corrected chi connectivity index (χ3v) is 4.21. The van der Waals surface area contributed by atoms with Gasteiger partial charge >= 0.3 is 5.97 Å². The van der Waals surface area contributed by atoms with Gasteiger partial charge in [0.1, 0.15) is 5.75 Å². The number of ether oxygens (including phenoxy) is 2. The number of fused-ring (bicyclic) bond motifs is 1. The van der Waals surface area contributed by atoms with Crippen LogP contribution < -0.4 is 15.6 Å². The van der Waals surface area contributed by atoms with Crippen LogP contribution in [-0.2, 0) is 16.0 Å². The minimum absolute atomic E-state index is 0.126. The average molecular weight is 380 g/mol. The Kier molecular flexibility index (Phi) is 6.06. The van der Waals surface area contributed by atoms with Crippen molar-refractivity contribution in [1.82, 2.24) is 10.3 Å². The number of rotatable bonds is 7. The Hall–Kier alpha value is -3.61. The summed E-state index contributed by atoms with van der Waals surface area (Å²) in [6, 6.07) is 15.6. The van der Waals surface area contributed by atoms with E-state index in [1.165, 1.54) is 6.07 Å². The SMILES string of the molecule is COc1ccccc1CCNC(=O)COC(=O)c1cc(=O)[nH]c2ccccc12. The first-order valence-corrected chi connectivity index (χ1v) is 8.76. The van der Waals surface area contributed by atoms with Crippen LogP contribution in [0.2, 0.25) is 0 Å². The fourth-order valence-corrected chi connectivity index (χ4v) is 2.88. The lowest BCUT2D eigenvalue weighted by molar-refractivity contribution is -0.124. The Bertz CT molecular complexity index is 1060. The number of para-hydroxylation sites is 2. The third kappa shape index (κ3) is 4.56. The Morgan fingerprint density at radius 2 is 1.82 bits per heavy atom. The predicted molar refractivity (Wildman–Crippen MR) is 105 cm³/mol. The van der Waals surface area contributed by atoms with Gasteiger partial charge in [0.25, 0.3) is 5.91 Å². The molecule has 3 rings (SSSR count). The van der Waals surface area contributed by atoms with Gasteiger partial charge in [-0.3, -0.25) is 9.59 Å². The van der Waals surface area contributed by atoms with Crippen LogP contribution in [0.15, 0.2) is 59.4 Å². The molecule has 2 aromatic carbocycles. The van der Waals surface area contributed by atoms with Crippen LogP contribution in [0.25, 0.3) is 10.9 Å². The molecule has 0 saturated carbocycles. The van der Waals surface area contributed by atoms with Gasteiger partial charge in [0.15, 0.2) is 6.61 Å².